The lowest BCUT2D eigenvalue weighted by molar-refractivity contribution is -0.732. The zero-order valence-corrected chi connectivity index (χ0v) is 8.00. The molecular weight excluding hydrogens is 150 g/mol. The van der Waals surface area contributed by atoms with E-state index in [-0.39, 0.29) is 0 Å². The maximum absolute atomic E-state index is 5.28. The summed E-state index contributed by atoms with van der Waals surface area (Å²) in [4.78, 5) is 0. The van der Waals surface area contributed by atoms with Crippen LogP contribution in [0.3, 0.4) is 0 Å². The van der Waals surface area contributed by atoms with Gasteiger partial charge in [0.05, 0.1) is 6.61 Å². The third-order valence-corrected chi connectivity index (χ3v) is 1.94. The van der Waals surface area contributed by atoms with E-state index in [4.69, 9.17) is 4.74 Å². The number of ether oxygens (including phenoxy) is 1. The van der Waals surface area contributed by atoms with E-state index in [0.717, 1.165) is 6.61 Å². The van der Waals surface area contributed by atoms with Gasteiger partial charge >= 0.3 is 0 Å². The third kappa shape index (κ3) is 2.31. The van der Waals surface area contributed by atoms with Gasteiger partial charge in [0.25, 0.3) is 6.73 Å². The lowest BCUT2D eigenvalue weighted by Crippen LogP contribution is -2.34. The van der Waals surface area contributed by atoms with Gasteiger partial charge in [0.2, 0.25) is 0 Å². The molecule has 0 saturated heterocycles. The van der Waals surface area contributed by atoms with Crippen LogP contribution in [0.15, 0.2) is 18.5 Å². The number of rotatable bonds is 3. The highest BCUT2D eigenvalue weighted by molar-refractivity contribution is 5.16. The Morgan fingerprint density at radius 1 is 1.33 bits per heavy atom. The summed E-state index contributed by atoms with van der Waals surface area (Å²) in [6, 6.07) is 2.11. The lowest BCUT2D eigenvalue weighted by Gasteiger charge is -1.99. The normalized spacial score (nSPS) is 10.2. The zero-order chi connectivity index (χ0) is 8.97. The second-order valence-electron chi connectivity index (χ2n) is 2.95. The minimum atomic E-state index is 0.650. The van der Waals surface area contributed by atoms with Crippen LogP contribution in [-0.4, -0.2) is 6.61 Å². The van der Waals surface area contributed by atoms with Crippen molar-refractivity contribution in [3.8, 4) is 0 Å². The molecule has 2 heteroatoms. The van der Waals surface area contributed by atoms with E-state index in [2.05, 4.69) is 26.1 Å². The zero-order valence-electron chi connectivity index (χ0n) is 8.00. The summed E-state index contributed by atoms with van der Waals surface area (Å²) in [7, 11) is 0. The van der Waals surface area contributed by atoms with Crippen LogP contribution in [0.25, 0.3) is 0 Å². The van der Waals surface area contributed by atoms with Crippen molar-refractivity contribution < 1.29 is 9.30 Å². The summed E-state index contributed by atoms with van der Waals surface area (Å²) in [6.07, 6.45) is 4.14. The summed E-state index contributed by atoms with van der Waals surface area (Å²) in [5.74, 6) is 0. The van der Waals surface area contributed by atoms with Gasteiger partial charge in [0.15, 0.2) is 12.4 Å². The molecule has 0 bridgehead atoms. The molecular formula is C10H16NO+. The van der Waals surface area contributed by atoms with Crippen LogP contribution in [0.4, 0.5) is 0 Å². The van der Waals surface area contributed by atoms with Crippen molar-refractivity contribution in [2.45, 2.75) is 27.5 Å². The average Bonchev–Trinajstić information content (AvgIpc) is 2.07. The molecule has 0 aliphatic heterocycles. The molecule has 1 heterocycles. The molecule has 1 aromatic rings. The van der Waals surface area contributed by atoms with Gasteiger partial charge in [-0.3, -0.25) is 0 Å². The van der Waals surface area contributed by atoms with Crippen LogP contribution < -0.4 is 4.57 Å². The number of pyridine rings is 1. The number of hydrogen-bond donors (Lipinski definition) is 0. The molecule has 2 nitrogen and oxygen atoms in total. The largest absolute Gasteiger partial charge is 0.324 e. The third-order valence-electron chi connectivity index (χ3n) is 1.94. The number of aromatic nitrogens is 1. The summed E-state index contributed by atoms with van der Waals surface area (Å²) >= 11 is 0. The van der Waals surface area contributed by atoms with Crippen LogP contribution in [0, 0.1) is 13.8 Å². The molecule has 0 unspecified atom stereocenters. The quantitative estimate of drug-likeness (QED) is 0.621. The molecule has 12 heavy (non-hydrogen) atoms. The molecule has 1 aromatic heterocycles. The molecule has 1 rings (SSSR count). The fraction of sp³-hybridized carbons (Fsp3) is 0.500. The van der Waals surface area contributed by atoms with Crippen molar-refractivity contribution >= 4 is 0 Å². The Bertz CT molecular complexity index is 258. The predicted octanol–water partition coefficient (Wildman–Crippen LogP) is 1.58. The summed E-state index contributed by atoms with van der Waals surface area (Å²) in [6.45, 7) is 7.64. The van der Waals surface area contributed by atoms with Crippen LogP contribution in [0.5, 0.6) is 0 Å². The second kappa shape index (κ2) is 4.21. The van der Waals surface area contributed by atoms with E-state index < -0.39 is 0 Å². The first kappa shape index (κ1) is 9.20. The van der Waals surface area contributed by atoms with Crippen molar-refractivity contribution in [2.75, 3.05) is 6.61 Å². The molecule has 0 amide bonds. The Hall–Kier alpha value is -0.890. The minimum absolute atomic E-state index is 0.650. The van der Waals surface area contributed by atoms with Crippen molar-refractivity contribution in [3.05, 3.63) is 29.6 Å². The molecule has 0 radical (unpaired) electrons. The van der Waals surface area contributed by atoms with Gasteiger partial charge in [0.1, 0.15) is 0 Å². The lowest BCUT2D eigenvalue weighted by atomic mass is 10.2. The Morgan fingerprint density at radius 3 is 2.67 bits per heavy atom. The van der Waals surface area contributed by atoms with Gasteiger partial charge in [-0.2, -0.15) is 4.57 Å². The first-order valence-electron chi connectivity index (χ1n) is 4.28. The minimum Gasteiger partial charge on any atom is -0.324 e. The van der Waals surface area contributed by atoms with Crippen molar-refractivity contribution in [2.24, 2.45) is 0 Å². The van der Waals surface area contributed by atoms with Gasteiger partial charge in [-0.1, -0.05) is 0 Å². The number of hydrogen-bond acceptors (Lipinski definition) is 1. The molecule has 0 N–H and O–H groups in total. The van der Waals surface area contributed by atoms with E-state index in [1.165, 1.54) is 11.1 Å². The monoisotopic (exact) mass is 166 g/mol. The van der Waals surface area contributed by atoms with E-state index in [0.29, 0.717) is 6.73 Å². The van der Waals surface area contributed by atoms with Gasteiger partial charge in [-0.25, -0.2) is 0 Å². The SMILES string of the molecule is CCOC[n+]1ccc(C)c(C)c1. The highest BCUT2D eigenvalue weighted by Gasteiger charge is 2.01. The Labute approximate surface area is 73.8 Å². The van der Waals surface area contributed by atoms with E-state index in [1.807, 2.05) is 17.7 Å². The fourth-order valence-corrected chi connectivity index (χ4v) is 1.01. The van der Waals surface area contributed by atoms with E-state index in [9.17, 15) is 0 Å². The Kier molecular flexibility index (Phi) is 3.23. The molecule has 0 fully saturated rings. The number of aryl methyl sites for hydroxylation is 2. The van der Waals surface area contributed by atoms with Crippen LogP contribution in [-0.2, 0) is 11.5 Å². The topological polar surface area (TPSA) is 13.1 Å². The molecule has 66 valence electrons. The van der Waals surface area contributed by atoms with Gasteiger partial charge < -0.3 is 4.74 Å². The van der Waals surface area contributed by atoms with Gasteiger partial charge in [-0.05, 0) is 26.3 Å². The molecule has 0 spiro atoms. The summed E-state index contributed by atoms with van der Waals surface area (Å²) in [5, 5.41) is 0. The molecule has 0 aromatic carbocycles. The Morgan fingerprint density at radius 2 is 2.08 bits per heavy atom. The molecule has 0 saturated carbocycles. The predicted molar refractivity (Wildman–Crippen MR) is 47.7 cm³/mol. The highest BCUT2D eigenvalue weighted by atomic mass is 16.5. The summed E-state index contributed by atoms with van der Waals surface area (Å²) in [5.41, 5.74) is 2.62. The van der Waals surface area contributed by atoms with Crippen LogP contribution in [0.1, 0.15) is 18.1 Å². The Balaban J connectivity index is 2.69. The average molecular weight is 166 g/mol. The van der Waals surface area contributed by atoms with Gasteiger partial charge in [0, 0.05) is 11.6 Å². The van der Waals surface area contributed by atoms with Crippen LogP contribution in [0.2, 0.25) is 0 Å². The smallest absolute Gasteiger partial charge is 0.252 e. The van der Waals surface area contributed by atoms with Crippen molar-refractivity contribution in [1.82, 2.24) is 0 Å². The van der Waals surface area contributed by atoms with E-state index in [1.54, 1.807) is 0 Å². The molecule has 0 aliphatic rings. The number of nitrogens with zero attached hydrogens (tertiary/aromatic N) is 1. The fourth-order valence-electron chi connectivity index (χ4n) is 1.01. The van der Waals surface area contributed by atoms with Crippen LogP contribution >= 0.6 is 0 Å². The highest BCUT2D eigenvalue weighted by Crippen LogP contribution is 2.00. The van der Waals surface area contributed by atoms with Gasteiger partial charge in [-0.15, -0.1) is 0 Å². The standard InChI is InChI=1S/C10H16NO/c1-4-12-8-11-6-5-9(2)10(3)7-11/h5-7H,4,8H2,1-3H3/q+1. The second-order valence-corrected chi connectivity index (χ2v) is 2.95. The van der Waals surface area contributed by atoms with Crippen molar-refractivity contribution in [1.29, 1.82) is 0 Å². The first-order chi connectivity index (χ1) is 5.74. The maximum atomic E-state index is 5.28. The summed E-state index contributed by atoms with van der Waals surface area (Å²) < 4.78 is 7.32. The molecule has 0 aliphatic carbocycles. The molecule has 0 atom stereocenters. The van der Waals surface area contributed by atoms with Crippen molar-refractivity contribution in [3.63, 3.8) is 0 Å². The first-order valence-corrected chi connectivity index (χ1v) is 4.28. The maximum Gasteiger partial charge on any atom is 0.252 e. The van der Waals surface area contributed by atoms with E-state index >= 15 is 0 Å².